The Morgan fingerprint density at radius 1 is 0.472 bits per heavy atom. The van der Waals surface area contributed by atoms with Gasteiger partial charge in [-0.15, -0.1) is 10.2 Å². The van der Waals surface area contributed by atoms with Crippen molar-refractivity contribution in [2.24, 2.45) is 30.0 Å². The van der Waals surface area contributed by atoms with Crippen LogP contribution in [0.4, 0.5) is 11.4 Å². The zero-order valence-electron chi connectivity index (χ0n) is 69.3. The normalized spacial score (nSPS) is 17.2. The molecule has 4 aromatic carbocycles. The van der Waals surface area contributed by atoms with Crippen molar-refractivity contribution in [1.82, 2.24) is 49.4 Å². The van der Waals surface area contributed by atoms with Gasteiger partial charge < -0.3 is 47.7 Å². The van der Waals surface area contributed by atoms with Gasteiger partial charge in [0.05, 0.1) is 136 Å². The molecule has 0 radical (unpaired) electrons. The fourth-order valence-electron chi connectivity index (χ4n) is 14.1. The zero-order chi connectivity index (χ0) is 88.4. The molecule has 125 heavy (non-hydrogen) atoms. The molecule has 5 aromatic heterocycles. The van der Waals surface area contributed by atoms with Gasteiger partial charge in [0.15, 0.2) is 17.4 Å². The minimum atomic E-state index is -3.61. The van der Waals surface area contributed by atoms with Crippen molar-refractivity contribution in [1.29, 1.82) is 0 Å². The van der Waals surface area contributed by atoms with E-state index in [4.69, 9.17) is 109 Å². The highest BCUT2D eigenvalue weighted by atomic mass is 35.5. The maximum Gasteiger partial charge on any atom is 0.397 e. The summed E-state index contributed by atoms with van der Waals surface area (Å²) in [5.41, 5.74) is 11.6. The molecule has 1 amide bonds. The third-order valence-corrected chi connectivity index (χ3v) is 23.8. The Kier molecular flexibility index (Phi) is 33.8. The molecule has 11 heterocycles. The molecule has 15 rings (SSSR count). The number of aliphatic imine (C=N–C) groups is 6. The molecule has 6 aliphatic rings. The zero-order valence-corrected chi connectivity index (χ0v) is 73.2. The first kappa shape index (κ1) is 92.8. The molecule has 0 aliphatic carbocycles. The average Bonchev–Trinajstić information content (AvgIpc) is 1.64. The topological polar surface area (TPSA) is 378 Å². The predicted octanol–water partition coefficient (Wildman–Crippen LogP) is 12.8. The van der Waals surface area contributed by atoms with Gasteiger partial charge in [-0.05, 0) is 147 Å². The SMILES string of the molecule is COC(=O)CC[C@@H]1N=C(c2ccccn2)c2cc(Cl)ccc2CC1=O.COC(=O)CC[C@@H]1N=C(c2ccccn2)c2cc(Cl)ccc2N=C1OP(=O)(N1CCOCC1)N1CCOCC1.COCC(=O)NCC1=Nc2ccc(Cl)cc2C(c2ccccn2)=N[C@H]1CCC(=O)OC.COCc1nnc2n1-c1ccc(Cl)cc1C(c1ccccn1)=N[C@H]2CCC(=O)OC. The van der Waals surface area contributed by atoms with E-state index in [-0.39, 0.29) is 93.8 Å². The number of nitrogens with zero attached hydrogens (tertiary/aromatic N) is 15. The first-order valence-electron chi connectivity index (χ1n) is 40.0. The summed E-state index contributed by atoms with van der Waals surface area (Å²) in [7, 11) is 4.82. The van der Waals surface area contributed by atoms with Gasteiger partial charge in [0.25, 0.3) is 0 Å². The maximum atomic E-state index is 14.8. The second kappa shape index (κ2) is 45.5. The number of amides is 1. The standard InChI is InChI=1S/C26H31ClN5O6P.C22H23ClN4O4.C21H20ClN5O3.C19H17ClN2O3/c1-35-24(33)8-7-23-26(38-39(34,31-10-14-36-15-11-31)32-12-16-37-17-13-32)30-21-6-5-19(27)18-20(21)25(29-23)22-4-2-3-9-28-22;1-30-13-20(28)25-12-19-17(8-9-21(29)31-2)27-22(18-5-3-4-10-24-18)15-11-14(23)6-7-16(15)26-19;1-29-12-18-25-26-21-16(7-9-19(28)30-2)24-20(15-5-3-4-10-23-15)14-11-13(22)6-8-17(14)27(18)21;1-25-18(24)8-7-15-17(23)10-12-5-6-13(20)11-14(12)19(22-15)16-4-2-3-9-21-16/h2-6,9,18,23H,7-8,10-17H2,1H3;3-7,10-11,17H,8-9,12-13H2,1-2H3,(H,25,28);3-6,8,10-11,16H,7,9,12H2,1-2H3;2-6,9,11,15H,7-8,10H2,1H3/t23-;17-;16-;15-/m0000/s1. The van der Waals surface area contributed by atoms with Crippen molar-refractivity contribution in [3.05, 3.63) is 253 Å². The first-order valence-corrected chi connectivity index (χ1v) is 43.0. The van der Waals surface area contributed by atoms with E-state index in [1.165, 1.54) is 35.5 Å². The van der Waals surface area contributed by atoms with Crippen LogP contribution in [0.2, 0.25) is 20.1 Å². The lowest BCUT2D eigenvalue weighted by molar-refractivity contribution is -0.141. The van der Waals surface area contributed by atoms with Crippen molar-refractivity contribution in [3.63, 3.8) is 0 Å². The fourth-order valence-corrected chi connectivity index (χ4v) is 17.1. The Morgan fingerprint density at radius 3 is 1.37 bits per heavy atom. The molecule has 1 N–H and O–H groups in total. The summed E-state index contributed by atoms with van der Waals surface area (Å²) in [6.07, 6.45) is 8.89. The summed E-state index contributed by atoms with van der Waals surface area (Å²) < 4.78 is 67.3. The third-order valence-electron chi connectivity index (χ3n) is 20.2. The Hall–Kier alpha value is -11.4. The second-order valence-electron chi connectivity index (χ2n) is 28.4. The number of pyridine rings is 4. The number of carbonyl (C=O) groups is 6. The summed E-state index contributed by atoms with van der Waals surface area (Å²) in [4.78, 5) is 119. The third kappa shape index (κ3) is 24.4. The van der Waals surface area contributed by atoms with Crippen LogP contribution in [0.1, 0.15) is 120 Å². The monoisotopic (exact) mass is 1800 g/mol. The van der Waals surface area contributed by atoms with Crippen molar-refractivity contribution in [3.8, 4) is 5.69 Å². The smallest absolute Gasteiger partial charge is 0.397 e. The van der Waals surface area contributed by atoms with E-state index < -0.39 is 37.8 Å². The molecule has 4 atom stereocenters. The summed E-state index contributed by atoms with van der Waals surface area (Å²) in [6, 6.07) is 41.6. The number of fused-ring (bicyclic) bond motifs is 6. The molecule has 6 aliphatic heterocycles. The van der Waals surface area contributed by atoms with Gasteiger partial charge in [-0.2, -0.15) is 0 Å². The summed E-state index contributed by atoms with van der Waals surface area (Å²) in [5, 5.41) is 13.7. The Bertz CT molecular complexity index is 5550. The number of ketones is 1. The number of methoxy groups -OCH3 is 6. The Balaban J connectivity index is 0.000000154. The first-order chi connectivity index (χ1) is 60.7. The molecule has 652 valence electrons. The van der Waals surface area contributed by atoms with Crippen molar-refractivity contribution in [2.45, 2.75) is 88.6 Å². The molecule has 2 saturated heterocycles. The number of morpholine rings is 2. The highest BCUT2D eigenvalue weighted by Crippen LogP contribution is 2.56. The highest BCUT2D eigenvalue weighted by molar-refractivity contribution is 7.54. The molecule has 0 bridgehead atoms. The fraction of sp³-hybridized carbons (Fsp3) is 0.341. The molecule has 2 fully saturated rings. The summed E-state index contributed by atoms with van der Waals surface area (Å²) in [5.74, 6) is -0.276. The Morgan fingerprint density at radius 2 is 0.888 bits per heavy atom. The molecule has 37 heteroatoms. The number of carbonyl (C=O) groups excluding carboxylic acids is 6. The number of Topliss-reactive ketones (excluding diaryl/α,β-unsaturated/α-hetero) is 1. The minimum absolute atomic E-state index is 0.0293. The number of hydrogen-bond donors (Lipinski definition) is 1. The molecule has 32 nitrogen and oxygen atoms in total. The minimum Gasteiger partial charge on any atom is -0.469 e. The average molecular weight is 1800 g/mol. The van der Waals surface area contributed by atoms with Gasteiger partial charge in [0.2, 0.25) is 11.8 Å². The van der Waals surface area contributed by atoms with E-state index in [1.54, 1.807) is 80.4 Å². The highest BCUT2D eigenvalue weighted by Gasteiger charge is 2.45. The van der Waals surface area contributed by atoms with E-state index in [1.807, 2.05) is 111 Å². The number of nitrogens with one attached hydrogen (secondary N) is 1. The van der Waals surface area contributed by atoms with Gasteiger partial charge in [-0.25, -0.2) is 18.9 Å². The lowest BCUT2D eigenvalue weighted by Gasteiger charge is -2.41. The van der Waals surface area contributed by atoms with Crippen LogP contribution >= 0.6 is 54.1 Å². The van der Waals surface area contributed by atoms with Crippen LogP contribution in [0.15, 0.2) is 200 Å². The van der Waals surface area contributed by atoms with Crippen LogP contribution in [0.3, 0.4) is 0 Å². The number of rotatable bonds is 25. The van der Waals surface area contributed by atoms with E-state index in [2.05, 4.69) is 45.2 Å². The maximum absolute atomic E-state index is 14.8. The van der Waals surface area contributed by atoms with Crippen LogP contribution in [0, 0.1) is 0 Å². The number of benzene rings is 4. The van der Waals surface area contributed by atoms with Gasteiger partial charge in [0, 0.05) is 140 Å². The molecule has 9 aromatic rings. The molecular formula is C88H91Cl4N16O16P. The van der Waals surface area contributed by atoms with Crippen LogP contribution in [-0.2, 0) is 88.8 Å². The van der Waals surface area contributed by atoms with Crippen molar-refractivity contribution in [2.75, 3.05) is 108 Å². The Labute approximate surface area is 741 Å². The molecule has 0 unspecified atom stereocenters. The number of ether oxygens (including phenoxy) is 8. The summed E-state index contributed by atoms with van der Waals surface area (Å²) >= 11 is 25.1. The number of halogens is 4. The number of hydrogen-bond acceptors (Lipinski definition) is 28. The van der Waals surface area contributed by atoms with E-state index >= 15 is 0 Å². The lowest BCUT2D eigenvalue weighted by atomic mass is 9.97. The van der Waals surface area contributed by atoms with Gasteiger partial charge in [-0.3, -0.25) is 78.2 Å². The van der Waals surface area contributed by atoms with Crippen LogP contribution in [0.25, 0.3) is 5.69 Å². The van der Waals surface area contributed by atoms with Gasteiger partial charge >= 0.3 is 31.5 Å². The van der Waals surface area contributed by atoms with Gasteiger partial charge in [0.1, 0.15) is 31.3 Å². The summed E-state index contributed by atoms with van der Waals surface area (Å²) in [6.45, 7) is 3.94. The second-order valence-corrected chi connectivity index (χ2v) is 32.5. The largest absolute Gasteiger partial charge is 0.469 e. The van der Waals surface area contributed by atoms with Crippen molar-refractivity contribution < 1.29 is 75.8 Å². The number of esters is 4. The number of aromatic nitrogens is 7. The van der Waals surface area contributed by atoms with Crippen LogP contribution in [-0.4, -0.2) is 241 Å². The van der Waals surface area contributed by atoms with E-state index in [9.17, 15) is 33.3 Å². The van der Waals surface area contributed by atoms with Crippen LogP contribution < -0.4 is 5.32 Å². The molecule has 0 spiro atoms. The quantitative estimate of drug-likeness (QED) is 0.0315. The predicted molar refractivity (Wildman–Crippen MR) is 471 cm³/mol. The van der Waals surface area contributed by atoms with Crippen molar-refractivity contribution >= 4 is 135 Å². The van der Waals surface area contributed by atoms with E-state index in [0.717, 1.165) is 27.9 Å². The lowest BCUT2D eigenvalue weighted by Crippen LogP contribution is -2.44. The van der Waals surface area contributed by atoms with E-state index in [0.29, 0.717) is 172 Å². The van der Waals surface area contributed by atoms with Crippen LogP contribution in [0.5, 0.6) is 0 Å². The molecule has 0 saturated carbocycles. The molecular weight excluding hydrogens is 1710 g/mol. The van der Waals surface area contributed by atoms with Gasteiger partial charge in [-0.1, -0.05) is 76.7 Å².